The molecule has 4 nitrogen and oxygen atoms in total. The Hall–Kier alpha value is -1.88. The molecule has 1 aliphatic carbocycles. The minimum Gasteiger partial charge on any atom is -0.377 e. The summed E-state index contributed by atoms with van der Waals surface area (Å²) >= 11 is 0. The van der Waals surface area contributed by atoms with Crippen LogP contribution in [-0.4, -0.2) is 19.7 Å². The van der Waals surface area contributed by atoms with E-state index >= 15 is 0 Å². The lowest BCUT2D eigenvalue weighted by atomic mass is 10.0. The summed E-state index contributed by atoms with van der Waals surface area (Å²) in [5.41, 5.74) is 4.83. The molecule has 0 amide bonds. The first-order valence-electron chi connectivity index (χ1n) is 6.95. The van der Waals surface area contributed by atoms with E-state index in [-0.39, 0.29) is 11.1 Å². The number of benzene rings is 1. The molecule has 1 aliphatic rings. The zero-order valence-electron chi connectivity index (χ0n) is 12.1. The zero-order valence-corrected chi connectivity index (χ0v) is 12.9. The van der Waals surface area contributed by atoms with E-state index in [2.05, 4.69) is 35.4 Å². The highest BCUT2D eigenvalue weighted by Crippen LogP contribution is 2.34. The molecule has 1 aromatic heterocycles. The fraction of sp³-hybridized carbons (Fsp3) is 0.312. The average molecular weight is 302 g/mol. The Labute approximate surface area is 125 Å². The molecule has 0 spiro atoms. The summed E-state index contributed by atoms with van der Waals surface area (Å²) in [7, 11) is -3.24. The Morgan fingerprint density at radius 1 is 1.24 bits per heavy atom. The van der Waals surface area contributed by atoms with Crippen LogP contribution in [0.5, 0.6) is 0 Å². The lowest BCUT2D eigenvalue weighted by Gasteiger charge is -2.16. The number of nitrogens with zero attached hydrogens (tertiary/aromatic N) is 1. The first-order valence-corrected chi connectivity index (χ1v) is 8.85. The van der Waals surface area contributed by atoms with Gasteiger partial charge < -0.3 is 5.32 Å². The van der Waals surface area contributed by atoms with Crippen LogP contribution in [0.1, 0.15) is 29.2 Å². The first-order chi connectivity index (χ1) is 9.93. The van der Waals surface area contributed by atoms with Crippen LogP contribution in [0.4, 0.5) is 5.69 Å². The van der Waals surface area contributed by atoms with Gasteiger partial charge in [0.2, 0.25) is 0 Å². The van der Waals surface area contributed by atoms with Gasteiger partial charge in [-0.05, 0) is 43.0 Å². The molecule has 1 aromatic carbocycles. The van der Waals surface area contributed by atoms with E-state index < -0.39 is 9.84 Å². The van der Waals surface area contributed by atoms with E-state index in [1.54, 1.807) is 18.3 Å². The van der Waals surface area contributed by atoms with E-state index in [1.807, 2.05) is 0 Å². The molecule has 1 atom stereocenters. The number of pyridine rings is 1. The Bertz CT molecular complexity index is 767. The second kappa shape index (κ2) is 5.15. The van der Waals surface area contributed by atoms with Crippen molar-refractivity contribution in [1.82, 2.24) is 4.98 Å². The van der Waals surface area contributed by atoms with Crippen molar-refractivity contribution in [2.45, 2.75) is 30.8 Å². The van der Waals surface area contributed by atoms with Crippen LogP contribution < -0.4 is 5.32 Å². The van der Waals surface area contributed by atoms with Gasteiger partial charge in [-0.2, -0.15) is 0 Å². The molecule has 0 saturated carbocycles. The maximum Gasteiger partial charge on any atom is 0.192 e. The van der Waals surface area contributed by atoms with Crippen LogP contribution in [0, 0.1) is 6.92 Å². The molecule has 2 aromatic rings. The molecule has 5 heteroatoms. The molecule has 1 N–H and O–H groups in total. The first kappa shape index (κ1) is 14.1. The molecule has 0 aliphatic heterocycles. The highest BCUT2D eigenvalue weighted by molar-refractivity contribution is 7.90. The smallest absolute Gasteiger partial charge is 0.192 e. The number of hydrogen-bond acceptors (Lipinski definition) is 4. The van der Waals surface area contributed by atoms with Crippen molar-refractivity contribution in [2.75, 3.05) is 11.6 Å². The van der Waals surface area contributed by atoms with Gasteiger partial charge in [0.25, 0.3) is 0 Å². The molecule has 0 bridgehead atoms. The lowest BCUT2D eigenvalue weighted by molar-refractivity contribution is 0.598. The van der Waals surface area contributed by atoms with Crippen LogP contribution in [0.3, 0.4) is 0 Å². The molecular formula is C16H18N2O2S. The molecule has 1 unspecified atom stereocenters. The van der Waals surface area contributed by atoms with Gasteiger partial charge in [0.1, 0.15) is 0 Å². The van der Waals surface area contributed by atoms with Gasteiger partial charge in [-0.25, -0.2) is 13.4 Å². The van der Waals surface area contributed by atoms with Crippen LogP contribution in [-0.2, 0) is 16.3 Å². The molecule has 0 radical (unpaired) electrons. The second-order valence-electron chi connectivity index (χ2n) is 5.60. The number of aromatic nitrogens is 1. The number of sulfone groups is 1. The SMILES string of the molecule is Cc1ccc2c(c1)C(Nc1ccc(S(C)(=O)=O)nc1)CC2. The number of aryl methyl sites for hydroxylation is 2. The molecule has 110 valence electrons. The quantitative estimate of drug-likeness (QED) is 0.947. The zero-order chi connectivity index (χ0) is 15.0. The highest BCUT2D eigenvalue weighted by Gasteiger charge is 2.22. The minimum atomic E-state index is -3.24. The van der Waals surface area contributed by atoms with Gasteiger partial charge in [-0.15, -0.1) is 0 Å². The van der Waals surface area contributed by atoms with Gasteiger partial charge in [0, 0.05) is 6.26 Å². The summed E-state index contributed by atoms with van der Waals surface area (Å²) < 4.78 is 22.8. The van der Waals surface area contributed by atoms with Crippen molar-refractivity contribution in [3.05, 3.63) is 53.2 Å². The molecule has 0 fully saturated rings. The second-order valence-corrected chi connectivity index (χ2v) is 7.56. The molecular weight excluding hydrogens is 284 g/mol. The lowest BCUT2D eigenvalue weighted by Crippen LogP contribution is -2.08. The molecule has 3 rings (SSSR count). The van der Waals surface area contributed by atoms with Crippen molar-refractivity contribution in [3.8, 4) is 0 Å². The van der Waals surface area contributed by atoms with Crippen LogP contribution in [0.25, 0.3) is 0 Å². The number of nitrogens with one attached hydrogen (secondary N) is 1. The Morgan fingerprint density at radius 3 is 2.71 bits per heavy atom. The number of anilines is 1. The van der Waals surface area contributed by atoms with Gasteiger partial charge in [0.15, 0.2) is 14.9 Å². The fourth-order valence-corrected chi connectivity index (χ4v) is 3.32. The molecule has 21 heavy (non-hydrogen) atoms. The van der Waals surface area contributed by atoms with Crippen molar-refractivity contribution < 1.29 is 8.42 Å². The van der Waals surface area contributed by atoms with Crippen LogP contribution in [0.15, 0.2) is 41.6 Å². The summed E-state index contributed by atoms with van der Waals surface area (Å²) in [6.45, 7) is 2.10. The number of rotatable bonds is 3. The molecule has 0 saturated heterocycles. The van der Waals surface area contributed by atoms with Crippen molar-refractivity contribution in [2.24, 2.45) is 0 Å². The van der Waals surface area contributed by atoms with Crippen LogP contribution >= 0.6 is 0 Å². The summed E-state index contributed by atoms with van der Waals surface area (Å²) in [6, 6.07) is 10.1. The summed E-state index contributed by atoms with van der Waals surface area (Å²) in [5, 5.41) is 3.55. The van der Waals surface area contributed by atoms with E-state index in [4.69, 9.17) is 0 Å². The monoisotopic (exact) mass is 302 g/mol. The molecule has 1 heterocycles. The Morgan fingerprint density at radius 2 is 2.05 bits per heavy atom. The fourth-order valence-electron chi connectivity index (χ4n) is 2.76. The van der Waals surface area contributed by atoms with Crippen molar-refractivity contribution in [3.63, 3.8) is 0 Å². The normalized spacial score (nSPS) is 17.5. The Balaban J connectivity index is 1.82. The predicted molar refractivity (Wildman–Crippen MR) is 83.2 cm³/mol. The third-order valence-electron chi connectivity index (χ3n) is 3.84. The summed E-state index contributed by atoms with van der Waals surface area (Å²) in [6.07, 6.45) is 4.87. The van der Waals surface area contributed by atoms with Crippen LogP contribution in [0.2, 0.25) is 0 Å². The van der Waals surface area contributed by atoms with Gasteiger partial charge in [-0.3, -0.25) is 0 Å². The van der Waals surface area contributed by atoms with E-state index in [9.17, 15) is 8.42 Å². The highest BCUT2D eigenvalue weighted by atomic mass is 32.2. The van der Waals surface area contributed by atoms with E-state index in [0.29, 0.717) is 0 Å². The minimum absolute atomic E-state index is 0.107. The standard InChI is InChI=1S/C16H18N2O2S/c1-11-3-4-12-5-7-15(14(12)9-11)18-13-6-8-16(17-10-13)21(2,19)20/h3-4,6,8-10,15,18H,5,7H2,1-2H3. The summed E-state index contributed by atoms with van der Waals surface area (Å²) in [5.74, 6) is 0. The van der Waals surface area contributed by atoms with E-state index in [0.717, 1.165) is 18.5 Å². The summed E-state index contributed by atoms with van der Waals surface area (Å²) in [4.78, 5) is 4.02. The maximum atomic E-state index is 11.4. The average Bonchev–Trinajstić information content (AvgIpc) is 2.81. The van der Waals surface area contributed by atoms with Gasteiger partial charge in [-0.1, -0.05) is 23.8 Å². The van der Waals surface area contributed by atoms with Gasteiger partial charge in [0.05, 0.1) is 17.9 Å². The number of fused-ring (bicyclic) bond motifs is 1. The van der Waals surface area contributed by atoms with E-state index in [1.165, 1.54) is 22.9 Å². The largest absolute Gasteiger partial charge is 0.377 e. The maximum absolute atomic E-state index is 11.4. The third kappa shape index (κ3) is 2.93. The van der Waals surface area contributed by atoms with Crippen molar-refractivity contribution in [1.29, 1.82) is 0 Å². The third-order valence-corrected chi connectivity index (χ3v) is 4.84. The van der Waals surface area contributed by atoms with Crippen molar-refractivity contribution >= 4 is 15.5 Å². The number of hydrogen-bond donors (Lipinski definition) is 1. The Kier molecular flexibility index (Phi) is 3.45. The van der Waals surface area contributed by atoms with Gasteiger partial charge >= 0.3 is 0 Å². The predicted octanol–water partition coefficient (Wildman–Crippen LogP) is 2.89. The topological polar surface area (TPSA) is 59.1 Å².